The van der Waals surface area contributed by atoms with Crippen LogP contribution in [0, 0.1) is 0 Å². The number of fused-ring (bicyclic) bond motifs is 1. The van der Waals surface area contributed by atoms with Crippen molar-refractivity contribution < 1.29 is 28.9 Å². The van der Waals surface area contributed by atoms with E-state index in [4.69, 9.17) is 19.6 Å². The van der Waals surface area contributed by atoms with Crippen LogP contribution in [0.5, 0.6) is 11.5 Å². The summed E-state index contributed by atoms with van der Waals surface area (Å²) in [6.45, 7) is 0.508. The van der Waals surface area contributed by atoms with Crippen molar-refractivity contribution in [1.29, 1.82) is 0 Å². The van der Waals surface area contributed by atoms with E-state index in [0.717, 1.165) is 27.8 Å². The Morgan fingerprint density at radius 1 is 1.15 bits per heavy atom. The van der Waals surface area contributed by atoms with Gasteiger partial charge in [-0.25, -0.2) is 0 Å². The summed E-state index contributed by atoms with van der Waals surface area (Å²) in [6, 6.07) is 14.7. The van der Waals surface area contributed by atoms with Crippen LogP contribution in [0.4, 0.5) is 0 Å². The van der Waals surface area contributed by atoms with Crippen molar-refractivity contribution >= 4 is 16.9 Å². The third-order valence-corrected chi connectivity index (χ3v) is 5.43. The number of aliphatic hydroxyl groups is 1. The number of hydrogen-bond donors (Lipinski definition) is 3. The molecule has 34 heavy (non-hydrogen) atoms. The van der Waals surface area contributed by atoms with Crippen molar-refractivity contribution in [3.63, 3.8) is 0 Å². The molecule has 0 bridgehead atoms. The number of methoxy groups -OCH3 is 1. The van der Waals surface area contributed by atoms with Crippen LogP contribution in [-0.4, -0.2) is 34.9 Å². The molecule has 2 heterocycles. The van der Waals surface area contributed by atoms with E-state index in [1.54, 1.807) is 31.5 Å². The molecule has 0 aliphatic carbocycles. The highest BCUT2D eigenvalue weighted by Gasteiger charge is 2.15. The summed E-state index contributed by atoms with van der Waals surface area (Å²) in [5, 5.41) is 19.5. The number of ether oxygens (including phenoxy) is 2. The lowest BCUT2D eigenvalue weighted by Crippen LogP contribution is -2.05. The van der Waals surface area contributed by atoms with Crippen molar-refractivity contribution in [2.24, 2.45) is 5.73 Å². The van der Waals surface area contributed by atoms with Crippen LogP contribution in [0.2, 0.25) is 0 Å². The molecule has 0 spiro atoms. The lowest BCUT2D eigenvalue weighted by atomic mass is 10.0. The van der Waals surface area contributed by atoms with E-state index in [1.165, 1.54) is 0 Å². The molecular weight excluding hydrogens is 436 g/mol. The molecule has 2 aromatic carbocycles. The molecular formula is C26H26N2O6. The fourth-order valence-corrected chi connectivity index (χ4v) is 3.82. The van der Waals surface area contributed by atoms with Crippen LogP contribution >= 0.6 is 0 Å². The summed E-state index contributed by atoms with van der Waals surface area (Å²) >= 11 is 0. The molecule has 0 amide bonds. The van der Waals surface area contributed by atoms with Gasteiger partial charge in [0.15, 0.2) is 0 Å². The Balaban J connectivity index is 1.73. The number of aliphatic carboxylic acids is 1. The highest BCUT2D eigenvalue weighted by Crippen LogP contribution is 2.34. The summed E-state index contributed by atoms with van der Waals surface area (Å²) in [5.74, 6) is 0.768. The Morgan fingerprint density at radius 3 is 2.74 bits per heavy atom. The lowest BCUT2D eigenvalue weighted by molar-refractivity contribution is -0.136. The summed E-state index contributed by atoms with van der Waals surface area (Å²) in [7, 11) is 1.55. The lowest BCUT2D eigenvalue weighted by Gasteiger charge is -2.13. The minimum absolute atomic E-state index is 0.0140. The van der Waals surface area contributed by atoms with Gasteiger partial charge in [0.1, 0.15) is 29.4 Å². The van der Waals surface area contributed by atoms with Crippen LogP contribution in [0.25, 0.3) is 22.1 Å². The molecule has 0 radical (unpaired) electrons. The normalized spacial score (nSPS) is 11.0. The second kappa shape index (κ2) is 10.4. The van der Waals surface area contributed by atoms with Gasteiger partial charge in [-0.2, -0.15) is 0 Å². The molecule has 0 atom stereocenters. The van der Waals surface area contributed by atoms with Crippen molar-refractivity contribution in [1.82, 2.24) is 4.98 Å². The number of aromatic nitrogens is 1. The van der Waals surface area contributed by atoms with E-state index >= 15 is 0 Å². The number of nitrogens with two attached hydrogens (primary N) is 1. The first kappa shape index (κ1) is 23.3. The molecule has 176 valence electrons. The SMILES string of the molecule is COc1ccc(CC(=O)O)c(OCc2cc(-c3ccnc(CN)c3)c3oc(CCO)cc3c2)c1. The number of pyridine rings is 1. The molecule has 0 saturated carbocycles. The van der Waals surface area contributed by atoms with Gasteiger partial charge in [-0.15, -0.1) is 0 Å². The fraction of sp³-hybridized carbons (Fsp3) is 0.231. The molecule has 0 unspecified atom stereocenters. The fourth-order valence-electron chi connectivity index (χ4n) is 3.82. The Morgan fingerprint density at radius 2 is 2.00 bits per heavy atom. The smallest absolute Gasteiger partial charge is 0.307 e. The molecule has 8 nitrogen and oxygen atoms in total. The Kier molecular flexibility index (Phi) is 7.10. The van der Waals surface area contributed by atoms with Crippen molar-refractivity contribution in [3.8, 4) is 22.6 Å². The quantitative estimate of drug-likeness (QED) is 0.325. The third kappa shape index (κ3) is 5.19. The van der Waals surface area contributed by atoms with Crippen LogP contribution in [0.1, 0.15) is 22.6 Å². The molecule has 4 aromatic rings. The van der Waals surface area contributed by atoms with Gasteiger partial charge >= 0.3 is 5.97 Å². The number of aliphatic hydroxyl groups excluding tert-OH is 1. The van der Waals surface area contributed by atoms with Gasteiger partial charge in [0.05, 0.1) is 25.8 Å². The minimum Gasteiger partial charge on any atom is -0.497 e. The monoisotopic (exact) mass is 462 g/mol. The zero-order valence-electron chi connectivity index (χ0n) is 18.8. The first-order chi connectivity index (χ1) is 16.5. The molecule has 2 aromatic heterocycles. The molecule has 4 rings (SSSR count). The van der Waals surface area contributed by atoms with Gasteiger partial charge in [-0.1, -0.05) is 6.07 Å². The minimum atomic E-state index is -0.943. The van der Waals surface area contributed by atoms with Gasteiger partial charge in [-0.05, 0) is 47.5 Å². The second-order valence-electron chi connectivity index (χ2n) is 7.82. The molecule has 8 heteroatoms. The Hall–Kier alpha value is -3.88. The highest BCUT2D eigenvalue weighted by atomic mass is 16.5. The Labute approximate surface area is 196 Å². The first-order valence-electron chi connectivity index (χ1n) is 10.8. The van der Waals surface area contributed by atoms with Crippen LogP contribution in [0.15, 0.2) is 59.1 Å². The number of carbonyl (C=O) groups is 1. The average Bonchev–Trinajstić information content (AvgIpc) is 3.25. The standard InChI is InChI=1S/C26H26N2O6/c1-32-21-3-2-18(12-25(30)31)24(13-21)33-15-16-8-19-11-22(5-7-29)34-26(19)23(9-16)17-4-6-28-20(10-17)14-27/h2-4,6,8-11,13,29H,5,7,12,14-15,27H2,1H3,(H,30,31). The number of carboxylic acids is 1. The van der Waals surface area contributed by atoms with E-state index in [1.807, 2.05) is 30.3 Å². The largest absolute Gasteiger partial charge is 0.497 e. The van der Waals surface area contributed by atoms with Crippen LogP contribution in [-0.2, 0) is 30.8 Å². The number of nitrogens with zero attached hydrogens (tertiary/aromatic N) is 1. The van der Waals surface area contributed by atoms with Gasteiger partial charge in [-0.3, -0.25) is 9.78 Å². The van der Waals surface area contributed by atoms with E-state index in [0.29, 0.717) is 41.4 Å². The number of rotatable bonds is 10. The van der Waals surface area contributed by atoms with Crippen molar-refractivity contribution in [2.75, 3.05) is 13.7 Å². The molecule has 0 aliphatic heterocycles. The Bertz CT molecular complexity index is 1310. The van der Waals surface area contributed by atoms with Gasteiger partial charge in [0, 0.05) is 41.7 Å². The average molecular weight is 463 g/mol. The number of hydrogen-bond acceptors (Lipinski definition) is 7. The predicted octanol–water partition coefficient (Wildman–Crippen LogP) is 3.70. The topological polar surface area (TPSA) is 128 Å². The van der Waals surface area contributed by atoms with E-state index in [2.05, 4.69) is 4.98 Å². The summed E-state index contributed by atoms with van der Waals surface area (Å²) in [4.78, 5) is 15.5. The zero-order chi connectivity index (χ0) is 24.1. The van der Waals surface area contributed by atoms with E-state index in [-0.39, 0.29) is 19.6 Å². The number of furan rings is 1. The predicted molar refractivity (Wildman–Crippen MR) is 127 cm³/mol. The van der Waals surface area contributed by atoms with E-state index < -0.39 is 5.97 Å². The summed E-state index contributed by atoms with van der Waals surface area (Å²) in [5.41, 5.74) is 10.4. The van der Waals surface area contributed by atoms with Gasteiger partial charge < -0.3 is 29.8 Å². The number of benzene rings is 2. The molecule has 0 saturated heterocycles. The third-order valence-electron chi connectivity index (χ3n) is 5.43. The zero-order valence-corrected chi connectivity index (χ0v) is 18.8. The maximum atomic E-state index is 11.3. The van der Waals surface area contributed by atoms with Crippen LogP contribution in [0.3, 0.4) is 0 Å². The molecule has 0 aliphatic rings. The molecule has 0 fully saturated rings. The number of carboxylic acid groups (broad SMARTS) is 1. The van der Waals surface area contributed by atoms with Crippen molar-refractivity contribution in [3.05, 3.63) is 77.3 Å². The second-order valence-corrected chi connectivity index (χ2v) is 7.82. The molecule has 4 N–H and O–H groups in total. The van der Waals surface area contributed by atoms with E-state index in [9.17, 15) is 15.0 Å². The first-order valence-corrected chi connectivity index (χ1v) is 10.8. The van der Waals surface area contributed by atoms with Gasteiger partial charge in [0.2, 0.25) is 0 Å². The highest BCUT2D eigenvalue weighted by molar-refractivity contribution is 5.93. The summed E-state index contributed by atoms with van der Waals surface area (Å²) < 4.78 is 17.4. The maximum absolute atomic E-state index is 11.3. The summed E-state index contributed by atoms with van der Waals surface area (Å²) in [6.07, 6.45) is 1.96. The van der Waals surface area contributed by atoms with Crippen molar-refractivity contribution in [2.45, 2.75) is 26.0 Å². The van der Waals surface area contributed by atoms with Crippen LogP contribution < -0.4 is 15.2 Å². The van der Waals surface area contributed by atoms with Gasteiger partial charge in [0.25, 0.3) is 0 Å². The maximum Gasteiger partial charge on any atom is 0.307 e.